The van der Waals surface area contributed by atoms with Crippen molar-refractivity contribution >= 4 is 27.6 Å². The first-order valence-electron chi connectivity index (χ1n) is 9.12. The molecule has 1 saturated heterocycles. The summed E-state index contributed by atoms with van der Waals surface area (Å²) in [5.41, 5.74) is 5.06. The maximum Gasteiger partial charge on any atom is 0.342 e. The molecule has 1 aromatic carbocycles. The van der Waals surface area contributed by atoms with Gasteiger partial charge in [-0.3, -0.25) is 4.79 Å². The van der Waals surface area contributed by atoms with Gasteiger partial charge in [0.25, 0.3) is 0 Å². The summed E-state index contributed by atoms with van der Waals surface area (Å²) in [6.07, 6.45) is 5.49. The van der Waals surface area contributed by atoms with Gasteiger partial charge >= 0.3 is 6.03 Å². The lowest BCUT2D eigenvalue weighted by atomic mass is 9.98. The summed E-state index contributed by atoms with van der Waals surface area (Å²) >= 11 is 0. The van der Waals surface area contributed by atoms with Crippen LogP contribution in [0.25, 0.3) is 0 Å². The van der Waals surface area contributed by atoms with E-state index >= 15 is 0 Å². The van der Waals surface area contributed by atoms with E-state index in [4.69, 9.17) is 0 Å². The van der Waals surface area contributed by atoms with Crippen molar-refractivity contribution in [1.82, 2.24) is 10.0 Å². The molecule has 1 fully saturated rings. The number of nitrogens with zero attached hydrogens (tertiary/aromatic N) is 1. The van der Waals surface area contributed by atoms with Gasteiger partial charge in [0.05, 0.1) is 5.69 Å². The van der Waals surface area contributed by atoms with E-state index in [1.807, 2.05) is 0 Å². The van der Waals surface area contributed by atoms with Crippen molar-refractivity contribution < 1.29 is 18.0 Å². The van der Waals surface area contributed by atoms with Crippen LogP contribution in [0.5, 0.6) is 0 Å². The second-order valence-corrected chi connectivity index (χ2v) is 9.26. The van der Waals surface area contributed by atoms with Crippen LogP contribution in [0.4, 0.5) is 10.5 Å². The minimum Gasteiger partial charge on any atom is -0.314 e. The second-order valence-electron chi connectivity index (χ2n) is 7.29. The second kappa shape index (κ2) is 6.35. The van der Waals surface area contributed by atoms with Gasteiger partial charge in [0.1, 0.15) is 5.25 Å². The number of benzene rings is 1. The van der Waals surface area contributed by atoms with Crippen LogP contribution in [0, 0.1) is 0 Å². The van der Waals surface area contributed by atoms with Crippen LogP contribution in [0.1, 0.15) is 42.0 Å². The lowest BCUT2D eigenvalue weighted by Gasteiger charge is -2.29. The molecule has 3 amide bonds. The number of carbonyl (C=O) groups excluding carboxylic acids is 2. The molecule has 0 aromatic heterocycles. The number of carbonyl (C=O) groups is 2. The third-order valence-electron chi connectivity index (χ3n) is 5.60. The average molecular weight is 377 g/mol. The monoisotopic (exact) mass is 377 g/mol. The van der Waals surface area contributed by atoms with Gasteiger partial charge in [-0.05, 0) is 60.8 Å². The summed E-state index contributed by atoms with van der Waals surface area (Å²) in [7, 11) is -3.79. The Morgan fingerprint density at radius 2 is 1.65 bits per heavy atom. The first-order chi connectivity index (χ1) is 12.4. The van der Waals surface area contributed by atoms with E-state index in [1.165, 1.54) is 18.1 Å². The summed E-state index contributed by atoms with van der Waals surface area (Å²) < 4.78 is 26.8. The summed E-state index contributed by atoms with van der Waals surface area (Å²) in [5.74, 6) is -0.459. The normalized spacial score (nSPS) is 18.8. The number of rotatable bonds is 3. The third-order valence-corrected chi connectivity index (χ3v) is 7.27. The van der Waals surface area contributed by atoms with Crippen molar-refractivity contribution in [2.75, 3.05) is 18.0 Å². The number of nitrogens with one attached hydrogen (secondary N) is 2. The molecule has 0 spiro atoms. The van der Waals surface area contributed by atoms with Crippen LogP contribution in [-0.2, 0) is 40.5 Å². The highest BCUT2D eigenvalue weighted by molar-refractivity contribution is 7.90. The van der Waals surface area contributed by atoms with Gasteiger partial charge in [-0.15, -0.1) is 0 Å². The summed E-state index contributed by atoms with van der Waals surface area (Å²) in [5, 5.41) is 2.25. The maximum atomic E-state index is 12.8. The zero-order valence-corrected chi connectivity index (χ0v) is 15.6. The maximum absolute atomic E-state index is 12.8. The number of fused-ring (bicyclic) bond motifs is 2. The molecule has 4 rings (SSSR count). The van der Waals surface area contributed by atoms with Gasteiger partial charge in [0, 0.05) is 20.0 Å². The Labute approximate surface area is 153 Å². The Kier molecular flexibility index (Phi) is 4.27. The molecular weight excluding hydrogens is 354 g/mol. The molecule has 8 heteroatoms. The summed E-state index contributed by atoms with van der Waals surface area (Å²) in [4.78, 5) is 26.3. The molecule has 26 heavy (non-hydrogen) atoms. The molecule has 0 atom stereocenters. The average Bonchev–Trinajstić information content (AvgIpc) is 3.11. The number of hydrogen-bond acceptors (Lipinski definition) is 5. The smallest absolute Gasteiger partial charge is 0.314 e. The van der Waals surface area contributed by atoms with Crippen molar-refractivity contribution in [2.24, 2.45) is 0 Å². The van der Waals surface area contributed by atoms with Crippen LogP contribution in [0.3, 0.4) is 0 Å². The molecule has 7 nitrogen and oxygen atoms in total. The highest BCUT2D eigenvalue weighted by atomic mass is 32.2. The highest BCUT2D eigenvalue weighted by Crippen LogP contribution is 2.40. The fraction of sp³-hybridized carbons (Fsp3) is 0.556. The Hall–Kier alpha value is -1.93. The molecule has 0 unspecified atom stereocenters. The molecule has 1 aromatic rings. The quantitative estimate of drug-likeness (QED) is 0.820. The van der Waals surface area contributed by atoms with Gasteiger partial charge in [-0.25, -0.2) is 22.8 Å². The van der Waals surface area contributed by atoms with E-state index in [9.17, 15) is 18.0 Å². The largest absolute Gasteiger partial charge is 0.342 e. The standard InChI is InChI=1S/C18H23N3O4S/c1-11(22)21(18(23)20-26(24,25)14-9-19-10-14)17-15-6-2-4-12(15)8-13-5-3-7-16(13)17/h8,14,19H,2-7,9-10H2,1H3,(H,20,23). The predicted octanol–water partition coefficient (Wildman–Crippen LogP) is 1.03. The van der Waals surface area contributed by atoms with Crippen LogP contribution < -0.4 is 14.9 Å². The first-order valence-corrected chi connectivity index (χ1v) is 10.7. The molecule has 0 radical (unpaired) electrons. The molecule has 2 aliphatic carbocycles. The molecule has 3 aliphatic rings. The first kappa shape index (κ1) is 17.5. The predicted molar refractivity (Wildman–Crippen MR) is 97.8 cm³/mol. The SMILES string of the molecule is CC(=O)N(C(=O)NS(=O)(=O)C1CNC1)c1c2c(cc3c1CCC3)CCC2. The van der Waals surface area contributed by atoms with Crippen molar-refractivity contribution in [2.45, 2.75) is 50.7 Å². The number of anilines is 1. The van der Waals surface area contributed by atoms with Crippen LogP contribution >= 0.6 is 0 Å². The van der Waals surface area contributed by atoms with Gasteiger partial charge in [-0.1, -0.05) is 6.07 Å². The topological polar surface area (TPSA) is 95.6 Å². The summed E-state index contributed by atoms with van der Waals surface area (Å²) in [6.45, 7) is 1.95. The fourth-order valence-electron chi connectivity index (χ4n) is 4.19. The Balaban J connectivity index is 1.74. The third kappa shape index (κ3) is 2.81. The molecule has 2 N–H and O–H groups in total. The van der Waals surface area contributed by atoms with Gasteiger partial charge in [0.15, 0.2) is 0 Å². The van der Waals surface area contributed by atoms with Crippen LogP contribution in [0.2, 0.25) is 0 Å². The minimum absolute atomic E-state index is 0.318. The van der Waals surface area contributed by atoms with Crippen molar-refractivity contribution in [3.8, 4) is 0 Å². The number of sulfonamides is 1. The van der Waals surface area contributed by atoms with Gasteiger partial charge in [-0.2, -0.15) is 0 Å². The van der Waals surface area contributed by atoms with E-state index in [0.29, 0.717) is 18.8 Å². The molecular formula is C18H23N3O4S. The van der Waals surface area contributed by atoms with Crippen molar-refractivity contribution in [3.05, 3.63) is 28.3 Å². The molecule has 1 heterocycles. The molecule has 1 aliphatic heterocycles. The molecule has 0 bridgehead atoms. The van der Waals surface area contributed by atoms with E-state index in [-0.39, 0.29) is 0 Å². The van der Waals surface area contributed by atoms with E-state index in [0.717, 1.165) is 54.6 Å². The van der Waals surface area contributed by atoms with Gasteiger partial charge < -0.3 is 5.32 Å². The zero-order chi connectivity index (χ0) is 18.5. The fourth-order valence-corrected chi connectivity index (χ4v) is 5.37. The lowest BCUT2D eigenvalue weighted by molar-refractivity contribution is -0.115. The minimum atomic E-state index is -3.79. The molecule has 0 saturated carbocycles. The van der Waals surface area contributed by atoms with Crippen molar-refractivity contribution in [3.63, 3.8) is 0 Å². The number of aryl methyl sites for hydroxylation is 2. The zero-order valence-electron chi connectivity index (χ0n) is 14.8. The molecule has 140 valence electrons. The van der Waals surface area contributed by atoms with Crippen LogP contribution in [0.15, 0.2) is 6.07 Å². The Morgan fingerprint density at radius 1 is 1.08 bits per heavy atom. The van der Waals surface area contributed by atoms with E-state index in [1.54, 1.807) is 0 Å². The Morgan fingerprint density at radius 3 is 2.12 bits per heavy atom. The van der Waals surface area contributed by atoms with Gasteiger partial charge in [0.2, 0.25) is 15.9 Å². The highest BCUT2D eigenvalue weighted by Gasteiger charge is 2.37. The van der Waals surface area contributed by atoms with Crippen LogP contribution in [-0.4, -0.2) is 38.7 Å². The number of urea groups is 1. The Bertz CT molecular complexity index is 858. The summed E-state index contributed by atoms with van der Waals surface area (Å²) in [6, 6.07) is 1.35. The van der Waals surface area contributed by atoms with E-state index in [2.05, 4.69) is 16.1 Å². The van der Waals surface area contributed by atoms with E-state index < -0.39 is 27.2 Å². The van der Waals surface area contributed by atoms with Crippen molar-refractivity contribution in [1.29, 1.82) is 0 Å². The number of hydrogen-bond donors (Lipinski definition) is 2. The number of imide groups is 1. The number of amides is 3. The lowest BCUT2D eigenvalue weighted by Crippen LogP contribution is -2.58.